The summed E-state index contributed by atoms with van der Waals surface area (Å²) in [7, 11) is 1.52. The highest BCUT2D eigenvalue weighted by Crippen LogP contribution is 2.46. The summed E-state index contributed by atoms with van der Waals surface area (Å²) in [6.45, 7) is 8.95. The zero-order chi connectivity index (χ0) is 17.2. The molecule has 0 spiro atoms. The lowest BCUT2D eigenvalue weighted by molar-refractivity contribution is -0.0881. The minimum absolute atomic E-state index is 0.0360. The maximum atomic E-state index is 12.7. The normalized spacial score (nSPS) is 18.7. The van der Waals surface area contributed by atoms with Gasteiger partial charge in [-0.3, -0.25) is 19.1 Å². The number of amides is 1. The molecule has 1 saturated heterocycles. The number of rotatable bonds is 1. The third-order valence-electron chi connectivity index (χ3n) is 5.33. The highest BCUT2D eigenvalue weighted by molar-refractivity contribution is 5.97. The van der Waals surface area contributed by atoms with Crippen molar-refractivity contribution in [2.75, 3.05) is 6.54 Å². The van der Waals surface area contributed by atoms with E-state index in [0.29, 0.717) is 12.1 Å². The summed E-state index contributed by atoms with van der Waals surface area (Å²) < 4.78 is 1.25. The molecule has 1 aliphatic heterocycles. The number of carbonyl (C=O) groups excluding carboxylic acids is 1. The average molecular weight is 316 g/mol. The second-order valence-corrected chi connectivity index (χ2v) is 7.25. The Morgan fingerprint density at radius 1 is 1.26 bits per heavy atom. The van der Waals surface area contributed by atoms with Crippen molar-refractivity contribution in [1.82, 2.24) is 19.4 Å². The van der Waals surface area contributed by atoms with E-state index in [-0.39, 0.29) is 27.9 Å². The van der Waals surface area contributed by atoms with Gasteiger partial charge in [-0.05, 0) is 19.9 Å². The summed E-state index contributed by atoms with van der Waals surface area (Å²) in [5.74, 6) is -0.156. The second kappa shape index (κ2) is 4.53. The van der Waals surface area contributed by atoms with Gasteiger partial charge in [-0.25, -0.2) is 9.78 Å². The quantitative estimate of drug-likeness (QED) is 0.846. The van der Waals surface area contributed by atoms with Crippen molar-refractivity contribution >= 4 is 16.9 Å². The molecule has 3 rings (SSSR count). The van der Waals surface area contributed by atoms with E-state index in [0.717, 1.165) is 0 Å². The van der Waals surface area contributed by atoms with E-state index < -0.39 is 11.2 Å². The Balaban J connectivity index is 2.07. The number of nitrogens with zero attached hydrogens (tertiary/aromatic N) is 3. The molecule has 0 unspecified atom stereocenters. The lowest BCUT2D eigenvalue weighted by Gasteiger charge is -2.61. The second-order valence-electron chi connectivity index (χ2n) is 7.25. The van der Waals surface area contributed by atoms with Gasteiger partial charge in [0, 0.05) is 30.7 Å². The molecule has 1 aliphatic rings. The van der Waals surface area contributed by atoms with Gasteiger partial charge in [-0.15, -0.1) is 0 Å². The monoisotopic (exact) mass is 316 g/mol. The molecule has 3 heterocycles. The summed E-state index contributed by atoms with van der Waals surface area (Å²) in [5, 5.41) is 0.232. The number of aryl methyl sites for hydroxylation is 1. The zero-order valence-corrected chi connectivity index (χ0v) is 13.9. The number of aromatic amines is 1. The molecule has 23 heavy (non-hydrogen) atoms. The van der Waals surface area contributed by atoms with Crippen LogP contribution in [0.5, 0.6) is 0 Å². The van der Waals surface area contributed by atoms with Crippen molar-refractivity contribution in [3.63, 3.8) is 0 Å². The number of hydrogen-bond donors (Lipinski definition) is 1. The van der Waals surface area contributed by atoms with Gasteiger partial charge < -0.3 is 4.90 Å². The fourth-order valence-corrected chi connectivity index (χ4v) is 2.90. The maximum Gasteiger partial charge on any atom is 0.329 e. The number of nitrogens with one attached hydrogen (secondary N) is 1. The number of carbonyl (C=O) groups is 1. The molecule has 0 saturated carbocycles. The van der Waals surface area contributed by atoms with E-state index >= 15 is 0 Å². The van der Waals surface area contributed by atoms with E-state index in [2.05, 4.69) is 23.8 Å². The van der Waals surface area contributed by atoms with E-state index in [9.17, 15) is 14.4 Å². The average Bonchev–Trinajstić information content (AvgIpc) is 2.49. The van der Waals surface area contributed by atoms with E-state index in [1.807, 2.05) is 13.8 Å². The van der Waals surface area contributed by atoms with Gasteiger partial charge in [-0.1, -0.05) is 13.8 Å². The predicted molar refractivity (Wildman–Crippen MR) is 86.5 cm³/mol. The highest BCUT2D eigenvalue weighted by atomic mass is 16.2. The Morgan fingerprint density at radius 3 is 2.48 bits per heavy atom. The van der Waals surface area contributed by atoms with Gasteiger partial charge in [0.1, 0.15) is 5.65 Å². The molecule has 0 aromatic carbocycles. The van der Waals surface area contributed by atoms with Crippen LogP contribution in [0.25, 0.3) is 11.0 Å². The molecule has 2 aromatic heterocycles. The lowest BCUT2D eigenvalue weighted by Crippen LogP contribution is -2.70. The van der Waals surface area contributed by atoms with Crippen molar-refractivity contribution in [3.8, 4) is 0 Å². The van der Waals surface area contributed by atoms with Crippen molar-refractivity contribution in [2.45, 2.75) is 33.2 Å². The summed E-state index contributed by atoms with van der Waals surface area (Å²) >= 11 is 0. The van der Waals surface area contributed by atoms with Crippen LogP contribution in [0.3, 0.4) is 0 Å². The van der Waals surface area contributed by atoms with Crippen LogP contribution in [0.1, 0.15) is 38.1 Å². The molecule has 0 atom stereocenters. The number of hydrogen-bond acceptors (Lipinski definition) is 4. The zero-order valence-electron chi connectivity index (χ0n) is 13.9. The lowest BCUT2D eigenvalue weighted by atomic mass is 9.65. The third-order valence-corrected chi connectivity index (χ3v) is 5.33. The Morgan fingerprint density at radius 2 is 1.91 bits per heavy atom. The molecule has 122 valence electrons. The van der Waals surface area contributed by atoms with Crippen LogP contribution < -0.4 is 11.2 Å². The SMILES string of the molecule is Cn1c(=O)[nH]c(=O)c2cc(C(=O)N3CC(C)(C)C3(C)C)cnc21. The Hall–Kier alpha value is -2.44. The smallest absolute Gasteiger partial charge is 0.329 e. The maximum absolute atomic E-state index is 12.7. The number of likely N-dealkylation sites (tertiary alicyclic amines) is 1. The Labute approximate surface area is 133 Å². The van der Waals surface area contributed by atoms with Gasteiger partial charge in [-0.2, -0.15) is 0 Å². The summed E-state index contributed by atoms with van der Waals surface area (Å²) in [5.41, 5.74) is -0.680. The van der Waals surface area contributed by atoms with Crippen LogP contribution in [0.2, 0.25) is 0 Å². The molecular formula is C16H20N4O3. The van der Waals surface area contributed by atoms with Crippen LogP contribution in [-0.4, -0.2) is 37.4 Å². The summed E-state index contributed by atoms with van der Waals surface area (Å²) in [6, 6.07) is 1.50. The van der Waals surface area contributed by atoms with Gasteiger partial charge >= 0.3 is 5.69 Å². The molecule has 1 amide bonds. The first kappa shape index (κ1) is 15.5. The van der Waals surface area contributed by atoms with Gasteiger partial charge in [0.2, 0.25) is 0 Å². The highest BCUT2D eigenvalue weighted by Gasteiger charge is 2.54. The van der Waals surface area contributed by atoms with Gasteiger partial charge in [0.05, 0.1) is 10.9 Å². The molecule has 2 aromatic rings. The van der Waals surface area contributed by atoms with Gasteiger partial charge in [0.15, 0.2) is 0 Å². The first-order valence-corrected chi connectivity index (χ1v) is 7.47. The fraction of sp³-hybridized carbons (Fsp3) is 0.500. The van der Waals surface area contributed by atoms with E-state index in [4.69, 9.17) is 0 Å². The largest absolute Gasteiger partial charge is 0.332 e. The molecule has 7 heteroatoms. The Bertz CT molecular complexity index is 936. The van der Waals surface area contributed by atoms with Crippen molar-refractivity contribution in [2.24, 2.45) is 12.5 Å². The van der Waals surface area contributed by atoms with Crippen molar-refractivity contribution < 1.29 is 4.79 Å². The molecule has 1 N–H and O–H groups in total. The fourth-order valence-electron chi connectivity index (χ4n) is 2.90. The minimum atomic E-state index is -0.534. The standard InChI is InChI=1S/C16H20N4O3/c1-15(2)8-20(16(15,3)4)13(22)9-6-10-11(17-7-9)19(5)14(23)18-12(10)21/h6-7H,8H2,1-5H3,(H,18,21,23). The van der Waals surface area contributed by atoms with Crippen LogP contribution in [0, 0.1) is 5.41 Å². The molecule has 0 aliphatic carbocycles. The number of aromatic nitrogens is 3. The molecular weight excluding hydrogens is 296 g/mol. The van der Waals surface area contributed by atoms with Crippen molar-refractivity contribution in [1.29, 1.82) is 0 Å². The van der Waals surface area contributed by atoms with E-state index in [1.165, 1.54) is 23.9 Å². The third kappa shape index (κ3) is 2.03. The summed E-state index contributed by atoms with van der Waals surface area (Å²) in [6.07, 6.45) is 1.42. The molecule has 0 bridgehead atoms. The van der Waals surface area contributed by atoms with Crippen LogP contribution in [0.4, 0.5) is 0 Å². The molecule has 1 fully saturated rings. The van der Waals surface area contributed by atoms with E-state index in [1.54, 1.807) is 4.90 Å². The molecule has 0 radical (unpaired) electrons. The Kier molecular flexibility index (Phi) is 3.05. The van der Waals surface area contributed by atoms with Crippen LogP contribution in [0.15, 0.2) is 21.9 Å². The van der Waals surface area contributed by atoms with Crippen LogP contribution in [-0.2, 0) is 7.05 Å². The van der Waals surface area contributed by atoms with Crippen LogP contribution >= 0.6 is 0 Å². The summed E-state index contributed by atoms with van der Waals surface area (Å²) in [4.78, 5) is 44.5. The van der Waals surface area contributed by atoms with Gasteiger partial charge in [0.25, 0.3) is 11.5 Å². The number of pyridine rings is 1. The molecule has 7 nitrogen and oxygen atoms in total. The number of H-pyrrole nitrogens is 1. The first-order valence-electron chi connectivity index (χ1n) is 7.47. The first-order chi connectivity index (χ1) is 10.6. The predicted octanol–water partition coefficient (Wildman–Crippen LogP) is 0.882. The van der Waals surface area contributed by atoms with Crippen molar-refractivity contribution in [3.05, 3.63) is 38.7 Å². The topological polar surface area (TPSA) is 88.1 Å². The number of fused-ring (bicyclic) bond motifs is 1. The minimum Gasteiger partial charge on any atom is -0.332 e.